The molecular weight excluding hydrogens is 504 g/mol. The number of hydrogen-bond donors (Lipinski definition) is 1. The van der Waals surface area contributed by atoms with E-state index in [0.29, 0.717) is 119 Å². The summed E-state index contributed by atoms with van der Waals surface area (Å²) in [7, 11) is 0. The highest BCUT2D eigenvalue weighted by Crippen LogP contribution is 1.94. The monoisotopic (exact) mass is 556 g/mol. The zero-order chi connectivity index (χ0) is 27.6. The van der Waals surface area contributed by atoms with Gasteiger partial charge in [0.2, 0.25) is 0 Å². The normalized spacial score (nSPS) is 11.4. The van der Waals surface area contributed by atoms with Crippen molar-refractivity contribution >= 4 is 5.97 Å². The minimum atomic E-state index is -0.870. The summed E-state index contributed by atoms with van der Waals surface area (Å²) >= 11 is 0. The first-order chi connectivity index (χ1) is 18.8. The van der Waals surface area contributed by atoms with Crippen LogP contribution in [-0.2, 0) is 52.2 Å². The Morgan fingerprint density at radius 3 is 0.868 bits per heavy atom. The van der Waals surface area contributed by atoms with E-state index in [-0.39, 0.29) is 13.0 Å². The van der Waals surface area contributed by atoms with Gasteiger partial charge in [0.1, 0.15) is 0 Å². The number of rotatable bonds is 34. The maximum Gasteiger partial charge on any atom is 0.305 e. The molecule has 0 aliphatic rings. The molecule has 12 nitrogen and oxygen atoms in total. The van der Waals surface area contributed by atoms with Gasteiger partial charge >= 0.3 is 5.97 Å². The summed E-state index contributed by atoms with van der Waals surface area (Å²) in [5, 5.41) is 8.47. The molecule has 0 aromatic heterocycles. The molecule has 0 saturated heterocycles. The number of ether oxygens (including phenoxy) is 10. The maximum atomic E-state index is 10.3. The van der Waals surface area contributed by atoms with E-state index < -0.39 is 5.97 Å². The molecule has 228 valence electrons. The second kappa shape index (κ2) is 34.1. The van der Waals surface area contributed by atoms with Crippen LogP contribution < -0.4 is 0 Å². The molecule has 0 fully saturated rings. The SMILES string of the molecule is CCCCCOCCOCCOCCOCCOCCOCCOCCOCCOCCOCCC(=O)O. The third-order valence-corrected chi connectivity index (χ3v) is 4.70. The fourth-order valence-electron chi connectivity index (χ4n) is 2.69. The average molecular weight is 557 g/mol. The molecule has 0 bridgehead atoms. The molecule has 12 heteroatoms. The molecule has 0 amide bonds. The number of carboxylic acids is 1. The van der Waals surface area contributed by atoms with Gasteiger partial charge in [-0.3, -0.25) is 4.79 Å². The zero-order valence-electron chi connectivity index (χ0n) is 23.4. The molecule has 0 aliphatic heterocycles. The van der Waals surface area contributed by atoms with Crippen molar-refractivity contribution < 1.29 is 57.3 Å². The summed E-state index contributed by atoms with van der Waals surface area (Å²) in [5.41, 5.74) is 0. The Labute approximate surface area is 228 Å². The lowest BCUT2D eigenvalue weighted by Gasteiger charge is -2.09. The summed E-state index contributed by atoms with van der Waals surface area (Å²) in [4.78, 5) is 10.3. The van der Waals surface area contributed by atoms with Gasteiger partial charge in [-0.2, -0.15) is 0 Å². The van der Waals surface area contributed by atoms with Crippen molar-refractivity contribution in [2.24, 2.45) is 0 Å². The van der Waals surface area contributed by atoms with E-state index in [4.69, 9.17) is 52.5 Å². The van der Waals surface area contributed by atoms with Crippen LogP contribution >= 0.6 is 0 Å². The molecule has 0 spiro atoms. The minimum Gasteiger partial charge on any atom is -0.481 e. The molecule has 0 aromatic rings. The highest BCUT2D eigenvalue weighted by atomic mass is 16.6. The molecule has 0 unspecified atom stereocenters. The highest BCUT2D eigenvalue weighted by molar-refractivity contribution is 5.66. The maximum absolute atomic E-state index is 10.3. The fraction of sp³-hybridized carbons (Fsp3) is 0.962. The van der Waals surface area contributed by atoms with Crippen molar-refractivity contribution in [1.82, 2.24) is 0 Å². The standard InChI is InChI=1S/C26H52O12/c1-2-3-4-6-29-8-10-31-12-14-33-16-18-35-20-22-37-24-25-38-23-21-36-19-17-34-15-13-32-11-9-30-7-5-26(27)28/h2-25H2,1H3,(H,27,28). The molecule has 0 heterocycles. The molecule has 0 aliphatic carbocycles. The summed E-state index contributed by atoms with van der Waals surface area (Å²) < 4.78 is 53.9. The van der Waals surface area contributed by atoms with Gasteiger partial charge in [0, 0.05) is 6.61 Å². The Balaban J connectivity index is 3.02. The first-order valence-electron chi connectivity index (χ1n) is 13.8. The van der Waals surface area contributed by atoms with Crippen molar-refractivity contribution in [3.8, 4) is 0 Å². The van der Waals surface area contributed by atoms with Crippen LogP contribution in [0.4, 0.5) is 0 Å². The third kappa shape index (κ3) is 35.1. The summed E-state index contributed by atoms with van der Waals surface area (Å²) in [6, 6.07) is 0. The van der Waals surface area contributed by atoms with Gasteiger partial charge in [-0.1, -0.05) is 19.8 Å². The Hall–Kier alpha value is -0.930. The van der Waals surface area contributed by atoms with E-state index in [1.165, 1.54) is 12.8 Å². The smallest absolute Gasteiger partial charge is 0.305 e. The number of aliphatic carboxylic acids is 1. The number of hydrogen-bond acceptors (Lipinski definition) is 11. The van der Waals surface area contributed by atoms with Crippen molar-refractivity contribution in [2.75, 3.05) is 132 Å². The summed E-state index contributed by atoms with van der Waals surface area (Å²) in [6.45, 7) is 12.3. The van der Waals surface area contributed by atoms with Crippen LogP contribution in [0.25, 0.3) is 0 Å². The summed E-state index contributed by atoms with van der Waals surface area (Å²) in [6.07, 6.45) is 3.54. The topological polar surface area (TPSA) is 130 Å². The lowest BCUT2D eigenvalue weighted by atomic mass is 10.3. The van der Waals surface area contributed by atoms with Crippen LogP contribution in [0, 0.1) is 0 Å². The zero-order valence-corrected chi connectivity index (χ0v) is 23.4. The Kier molecular flexibility index (Phi) is 33.3. The predicted molar refractivity (Wildman–Crippen MR) is 140 cm³/mol. The lowest BCUT2D eigenvalue weighted by molar-refractivity contribution is -0.138. The fourth-order valence-corrected chi connectivity index (χ4v) is 2.69. The van der Waals surface area contributed by atoms with Crippen molar-refractivity contribution in [2.45, 2.75) is 32.6 Å². The van der Waals surface area contributed by atoms with E-state index in [2.05, 4.69) is 6.92 Å². The van der Waals surface area contributed by atoms with Crippen molar-refractivity contribution in [1.29, 1.82) is 0 Å². The van der Waals surface area contributed by atoms with E-state index >= 15 is 0 Å². The quantitative estimate of drug-likeness (QED) is 0.116. The molecule has 0 rings (SSSR count). The second-order valence-electron chi connectivity index (χ2n) is 7.97. The first-order valence-corrected chi connectivity index (χ1v) is 13.8. The molecular formula is C26H52O12. The van der Waals surface area contributed by atoms with Crippen LogP contribution in [-0.4, -0.2) is 143 Å². The first kappa shape index (κ1) is 37.1. The van der Waals surface area contributed by atoms with E-state index in [1.54, 1.807) is 0 Å². The number of carbonyl (C=O) groups is 1. The van der Waals surface area contributed by atoms with Crippen LogP contribution in [0.2, 0.25) is 0 Å². The summed E-state index contributed by atoms with van der Waals surface area (Å²) in [5.74, 6) is -0.870. The van der Waals surface area contributed by atoms with Gasteiger partial charge in [-0.05, 0) is 6.42 Å². The van der Waals surface area contributed by atoms with Crippen LogP contribution in [0.1, 0.15) is 32.6 Å². The average Bonchev–Trinajstić information content (AvgIpc) is 2.91. The van der Waals surface area contributed by atoms with Crippen LogP contribution in [0.15, 0.2) is 0 Å². The van der Waals surface area contributed by atoms with Crippen molar-refractivity contribution in [3.05, 3.63) is 0 Å². The second-order valence-corrected chi connectivity index (χ2v) is 7.97. The van der Waals surface area contributed by atoms with Gasteiger partial charge in [-0.25, -0.2) is 0 Å². The highest BCUT2D eigenvalue weighted by Gasteiger charge is 1.97. The van der Waals surface area contributed by atoms with Gasteiger partial charge in [0.05, 0.1) is 132 Å². The van der Waals surface area contributed by atoms with E-state index in [9.17, 15) is 4.79 Å². The Morgan fingerprint density at radius 2 is 0.632 bits per heavy atom. The minimum absolute atomic E-state index is 0.00242. The van der Waals surface area contributed by atoms with Crippen molar-refractivity contribution in [3.63, 3.8) is 0 Å². The molecule has 0 aromatic carbocycles. The molecule has 38 heavy (non-hydrogen) atoms. The van der Waals surface area contributed by atoms with Gasteiger partial charge in [0.15, 0.2) is 0 Å². The molecule has 1 N–H and O–H groups in total. The Morgan fingerprint density at radius 1 is 0.395 bits per heavy atom. The Bertz CT molecular complexity index is 456. The van der Waals surface area contributed by atoms with Crippen LogP contribution in [0.3, 0.4) is 0 Å². The lowest BCUT2D eigenvalue weighted by Crippen LogP contribution is -2.15. The molecule has 0 atom stereocenters. The van der Waals surface area contributed by atoms with Gasteiger partial charge in [-0.15, -0.1) is 0 Å². The number of carboxylic acid groups (broad SMARTS) is 1. The van der Waals surface area contributed by atoms with E-state index in [0.717, 1.165) is 13.0 Å². The van der Waals surface area contributed by atoms with Crippen LogP contribution in [0.5, 0.6) is 0 Å². The molecule has 0 radical (unpaired) electrons. The van der Waals surface area contributed by atoms with Gasteiger partial charge in [0.25, 0.3) is 0 Å². The van der Waals surface area contributed by atoms with E-state index in [1.807, 2.05) is 0 Å². The van der Waals surface area contributed by atoms with Gasteiger partial charge < -0.3 is 52.5 Å². The third-order valence-electron chi connectivity index (χ3n) is 4.70. The molecule has 0 saturated carbocycles. The predicted octanol–water partition coefficient (Wildman–Crippen LogP) is 1.82. The largest absolute Gasteiger partial charge is 0.481 e. The number of unbranched alkanes of at least 4 members (excludes halogenated alkanes) is 2.